The number of hydrogen-bond donors (Lipinski definition) is 2. The normalized spacial score (nSPS) is 23.8. The molecule has 1 aromatic rings. The van der Waals surface area contributed by atoms with Crippen molar-refractivity contribution in [3.63, 3.8) is 0 Å². The molecule has 1 saturated carbocycles. The van der Waals surface area contributed by atoms with E-state index in [1.807, 2.05) is 6.20 Å². The Hall–Kier alpha value is -1.43. The molecule has 1 heterocycles. The summed E-state index contributed by atoms with van der Waals surface area (Å²) in [7, 11) is 0. The Morgan fingerprint density at radius 1 is 1.37 bits per heavy atom. The van der Waals surface area contributed by atoms with E-state index in [4.69, 9.17) is 5.73 Å². The van der Waals surface area contributed by atoms with Crippen LogP contribution in [0.15, 0.2) is 12.4 Å². The van der Waals surface area contributed by atoms with Gasteiger partial charge in [0.05, 0.1) is 12.1 Å². The Bertz CT molecular complexity index is 378. The summed E-state index contributed by atoms with van der Waals surface area (Å²) >= 11 is 0. The van der Waals surface area contributed by atoms with Gasteiger partial charge in [0.15, 0.2) is 0 Å². The molecule has 0 radical (unpaired) electrons. The highest BCUT2D eigenvalue weighted by atomic mass is 16.1. The van der Waals surface area contributed by atoms with Crippen molar-refractivity contribution in [2.75, 3.05) is 6.54 Å². The van der Waals surface area contributed by atoms with Crippen molar-refractivity contribution in [2.45, 2.75) is 51.1 Å². The summed E-state index contributed by atoms with van der Waals surface area (Å²) in [6.45, 7) is 1.44. The lowest BCUT2D eigenvalue weighted by atomic mass is 9.94. The van der Waals surface area contributed by atoms with Crippen molar-refractivity contribution in [1.82, 2.24) is 20.3 Å². The SMILES string of the molecule is NC1CCCCCC1C(=O)NCCCn1ccnn1. The summed E-state index contributed by atoms with van der Waals surface area (Å²) in [5, 5.41) is 10.6. The third kappa shape index (κ3) is 4.31. The van der Waals surface area contributed by atoms with E-state index in [0.717, 1.165) is 38.6 Å². The molecule has 0 saturated heterocycles. The zero-order valence-electron chi connectivity index (χ0n) is 11.3. The average Bonchev–Trinajstić information content (AvgIpc) is 2.82. The van der Waals surface area contributed by atoms with Crippen molar-refractivity contribution in [3.05, 3.63) is 12.4 Å². The molecule has 0 spiro atoms. The van der Waals surface area contributed by atoms with Gasteiger partial charge in [0.25, 0.3) is 0 Å². The van der Waals surface area contributed by atoms with Gasteiger partial charge in [-0.05, 0) is 19.3 Å². The standard InChI is InChI=1S/C13H23N5O/c14-12-6-3-1-2-5-11(12)13(19)15-7-4-9-18-10-8-16-17-18/h8,10-12H,1-7,9,14H2,(H,15,19). The number of amides is 1. The summed E-state index contributed by atoms with van der Waals surface area (Å²) in [5.74, 6) is 0.113. The van der Waals surface area contributed by atoms with Gasteiger partial charge in [-0.15, -0.1) is 5.10 Å². The van der Waals surface area contributed by atoms with Crippen LogP contribution >= 0.6 is 0 Å². The number of carbonyl (C=O) groups is 1. The number of nitrogens with two attached hydrogens (primary N) is 1. The summed E-state index contributed by atoms with van der Waals surface area (Å²) in [5.41, 5.74) is 6.08. The van der Waals surface area contributed by atoms with E-state index < -0.39 is 0 Å². The fourth-order valence-corrected chi connectivity index (χ4v) is 2.60. The van der Waals surface area contributed by atoms with Crippen LogP contribution in [-0.4, -0.2) is 33.5 Å². The Morgan fingerprint density at radius 3 is 3.00 bits per heavy atom. The first kappa shape index (κ1) is 14.0. The van der Waals surface area contributed by atoms with Gasteiger partial charge in [-0.1, -0.05) is 24.5 Å². The number of rotatable bonds is 5. The molecule has 6 heteroatoms. The topological polar surface area (TPSA) is 85.8 Å². The van der Waals surface area contributed by atoms with Crippen LogP contribution in [0.2, 0.25) is 0 Å². The van der Waals surface area contributed by atoms with Crippen LogP contribution in [0.4, 0.5) is 0 Å². The lowest BCUT2D eigenvalue weighted by Gasteiger charge is -2.20. The van der Waals surface area contributed by atoms with Gasteiger partial charge in [0.2, 0.25) is 5.91 Å². The first-order chi connectivity index (χ1) is 9.27. The van der Waals surface area contributed by atoms with Crippen LogP contribution < -0.4 is 11.1 Å². The summed E-state index contributed by atoms with van der Waals surface area (Å²) < 4.78 is 1.77. The first-order valence-electron chi connectivity index (χ1n) is 7.15. The molecule has 106 valence electrons. The third-order valence-electron chi connectivity index (χ3n) is 3.74. The summed E-state index contributed by atoms with van der Waals surface area (Å²) in [6, 6.07) is 0.0258. The van der Waals surface area contributed by atoms with Gasteiger partial charge in [-0.2, -0.15) is 0 Å². The van der Waals surface area contributed by atoms with E-state index in [0.29, 0.717) is 6.54 Å². The number of aromatic nitrogens is 3. The van der Waals surface area contributed by atoms with E-state index in [9.17, 15) is 4.79 Å². The lowest BCUT2D eigenvalue weighted by molar-refractivity contribution is -0.125. The number of nitrogens with one attached hydrogen (secondary N) is 1. The van der Waals surface area contributed by atoms with Crippen molar-refractivity contribution >= 4 is 5.91 Å². The fraction of sp³-hybridized carbons (Fsp3) is 0.769. The minimum Gasteiger partial charge on any atom is -0.356 e. The first-order valence-corrected chi connectivity index (χ1v) is 7.15. The van der Waals surface area contributed by atoms with Crippen molar-refractivity contribution < 1.29 is 4.79 Å². The van der Waals surface area contributed by atoms with Gasteiger partial charge in [0, 0.05) is 25.3 Å². The molecular formula is C13H23N5O. The quantitative estimate of drug-likeness (QED) is 0.606. The Morgan fingerprint density at radius 2 is 2.21 bits per heavy atom. The second-order valence-corrected chi connectivity index (χ2v) is 5.22. The highest BCUT2D eigenvalue weighted by Gasteiger charge is 2.26. The predicted molar refractivity (Wildman–Crippen MR) is 72.2 cm³/mol. The van der Waals surface area contributed by atoms with Gasteiger partial charge in [-0.25, -0.2) is 0 Å². The summed E-state index contributed by atoms with van der Waals surface area (Å²) in [4.78, 5) is 12.1. The molecule has 1 aromatic heterocycles. The largest absolute Gasteiger partial charge is 0.356 e. The van der Waals surface area contributed by atoms with E-state index >= 15 is 0 Å². The van der Waals surface area contributed by atoms with Crippen LogP contribution in [0.3, 0.4) is 0 Å². The molecule has 3 N–H and O–H groups in total. The predicted octanol–water partition coefficient (Wildman–Crippen LogP) is 0.692. The maximum absolute atomic E-state index is 12.1. The van der Waals surface area contributed by atoms with Crippen molar-refractivity contribution in [1.29, 1.82) is 0 Å². The van der Waals surface area contributed by atoms with Gasteiger partial charge in [-0.3, -0.25) is 9.48 Å². The molecule has 0 bridgehead atoms. The Labute approximate surface area is 113 Å². The molecule has 0 aliphatic heterocycles. The molecule has 2 unspecified atom stereocenters. The molecule has 2 atom stereocenters. The van der Waals surface area contributed by atoms with Crippen LogP contribution in [0.5, 0.6) is 0 Å². The highest BCUT2D eigenvalue weighted by molar-refractivity contribution is 5.79. The Balaban J connectivity index is 1.68. The monoisotopic (exact) mass is 265 g/mol. The minimum atomic E-state index is -0.00568. The maximum Gasteiger partial charge on any atom is 0.224 e. The van der Waals surface area contributed by atoms with Crippen LogP contribution in [0.1, 0.15) is 38.5 Å². The van der Waals surface area contributed by atoms with Crippen molar-refractivity contribution in [2.24, 2.45) is 11.7 Å². The molecule has 1 amide bonds. The molecule has 0 aromatic carbocycles. The minimum absolute atomic E-state index is 0.00568. The number of hydrogen-bond acceptors (Lipinski definition) is 4. The van der Waals surface area contributed by atoms with E-state index in [1.165, 1.54) is 6.42 Å². The number of aryl methyl sites for hydroxylation is 1. The number of nitrogens with zero attached hydrogens (tertiary/aromatic N) is 3. The van der Waals surface area contributed by atoms with Gasteiger partial charge in [0.1, 0.15) is 0 Å². The van der Waals surface area contributed by atoms with Crippen LogP contribution in [0, 0.1) is 5.92 Å². The fourth-order valence-electron chi connectivity index (χ4n) is 2.60. The molecular weight excluding hydrogens is 242 g/mol. The second kappa shape index (κ2) is 7.23. The molecule has 1 aliphatic carbocycles. The number of carbonyl (C=O) groups excluding carboxylic acids is 1. The van der Waals surface area contributed by atoms with Gasteiger partial charge >= 0.3 is 0 Å². The van der Waals surface area contributed by atoms with Crippen LogP contribution in [-0.2, 0) is 11.3 Å². The molecule has 19 heavy (non-hydrogen) atoms. The van der Waals surface area contributed by atoms with E-state index in [-0.39, 0.29) is 17.9 Å². The van der Waals surface area contributed by atoms with E-state index in [2.05, 4.69) is 15.6 Å². The zero-order valence-corrected chi connectivity index (χ0v) is 11.3. The lowest BCUT2D eigenvalue weighted by Crippen LogP contribution is -2.41. The van der Waals surface area contributed by atoms with Gasteiger partial charge < -0.3 is 11.1 Å². The molecule has 2 rings (SSSR count). The smallest absolute Gasteiger partial charge is 0.224 e. The third-order valence-corrected chi connectivity index (χ3v) is 3.74. The molecule has 1 fully saturated rings. The maximum atomic E-state index is 12.1. The van der Waals surface area contributed by atoms with Crippen molar-refractivity contribution in [3.8, 4) is 0 Å². The summed E-state index contributed by atoms with van der Waals surface area (Å²) in [6.07, 6.45) is 9.70. The zero-order chi connectivity index (χ0) is 13.5. The molecule has 6 nitrogen and oxygen atoms in total. The highest BCUT2D eigenvalue weighted by Crippen LogP contribution is 2.22. The van der Waals surface area contributed by atoms with E-state index in [1.54, 1.807) is 10.9 Å². The second-order valence-electron chi connectivity index (χ2n) is 5.22. The average molecular weight is 265 g/mol. The Kier molecular flexibility index (Phi) is 5.32. The van der Waals surface area contributed by atoms with Crippen LogP contribution in [0.25, 0.3) is 0 Å². The molecule has 1 aliphatic rings.